The van der Waals surface area contributed by atoms with E-state index in [1.807, 2.05) is 12.3 Å². The summed E-state index contributed by atoms with van der Waals surface area (Å²) in [5, 5.41) is 6.95. The number of piperidine rings is 1. The van der Waals surface area contributed by atoms with Gasteiger partial charge in [-0.2, -0.15) is 0 Å². The molecule has 154 valence electrons. The van der Waals surface area contributed by atoms with E-state index in [0.717, 1.165) is 38.4 Å². The Labute approximate surface area is 180 Å². The minimum atomic E-state index is 0. The molecule has 0 amide bonds. The molecule has 1 aromatic heterocycles. The molecule has 2 heterocycles. The first kappa shape index (κ1) is 23.9. The SMILES string of the molecule is CCCN1CCC(NC(=NCCCCn2ccccc2=O)NCC)CC1.I. The van der Waals surface area contributed by atoms with Gasteiger partial charge in [0.15, 0.2) is 5.96 Å². The summed E-state index contributed by atoms with van der Waals surface area (Å²) in [5.74, 6) is 0.929. The molecule has 1 fully saturated rings. The lowest BCUT2D eigenvalue weighted by atomic mass is 10.1. The first-order chi connectivity index (χ1) is 12.7. The number of guanidine groups is 1. The topological polar surface area (TPSA) is 61.7 Å². The van der Waals surface area contributed by atoms with Gasteiger partial charge in [0.1, 0.15) is 0 Å². The number of aryl methyl sites for hydroxylation is 1. The third-order valence-corrected chi connectivity index (χ3v) is 4.79. The van der Waals surface area contributed by atoms with Crippen molar-refractivity contribution in [1.29, 1.82) is 0 Å². The van der Waals surface area contributed by atoms with E-state index in [2.05, 4.69) is 29.4 Å². The average Bonchev–Trinajstić information content (AvgIpc) is 2.65. The molecule has 0 aromatic carbocycles. The highest BCUT2D eigenvalue weighted by molar-refractivity contribution is 14.0. The number of halogens is 1. The van der Waals surface area contributed by atoms with Crippen LogP contribution in [0.5, 0.6) is 0 Å². The molecule has 6 nitrogen and oxygen atoms in total. The lowest BCUT2D eigenvalue weighted by molar-refractivity contribution is 0.206. The number of hydrogen-bond acceptors (Lipinski definition) is 3. The highest BCUT2D eigenvalue weighted by atomic mass is 127. The van der Waals surface area contributed by atoms with Crippen molar-refractivity contribution in [2.45, 2.75) is 58.5 Å². The summed E-state index contributed by atoms with van der Waals surface area (Å²) in [5.41, 5.74) is 0.0698. The van der Waals surface area contributed by atoms with Gasteiger partial charge in [0.05, 0.1) is 0 Å². The fourth-order valence-corrected chi connectivity index (χ4v) is 3.36. The van der Waals surface area contributed by atoms with Crippen LogP contribution in [0.1, 0.15) is 46.0 Å². The first-order valence-corrected chi connectivity index (χ1v) is 10.2. The Hall–Kier alpha value is -1.09. The molecule has 0 spiro atoms. The molecule has 0 atom stereocenters. The number of rotatable bonds is 9. The highest BCUT2D eigenvalue weighted by Gasteiger charge is 2.19. The van der Waals surface area contributed by atoms with Crippen molar-refractivity contribution in [3.8, 4) is 0 Å². The van der Waals surface area contributed by atoms with E-state index in [4.69, 9.17) is 4.99 Å². The molecule has 1 aliphatic rings. The third kappa shape index (κ3) is 9.10. The maximum atomic E-state index is 11.7. The zero-order chi connectivity index (χ0) is 18.6. The maximum Gasteiger partial charge on any atom is 0.250 e. The summed E-state index contributed by atoms with van der Waals surface area (Å²) in [6, 6.07) is 5.81. The minimum Gasteiger partial charge on any atom is -0.357 e. The maximum absolute atomic E-state index is 11.7. The van der Waals surface area contributed by atoms with Crippen LogP contribution in [0, 0.1) is 0 Å². The number of hydrogen-bond donors (Lipinski definition) is 2. The van der Waals surface area contributed by atoms with Crippen LogP contribution in [0.3, 0.4) is 0 Å². The Kier molecular flexibility index (Phi) is 12.4. The monoisotopic (exact) mass is 489 g/mol. The molecule has 2 rings (SSSR count). The van der Waals surface area contributed by atoms with Crippen LogP contribution in [0.2, 0.25) is 0 Å². The second kappa shape index (κ2) is 14.0. The molecule has 0 saturated carbocycles. The van der Waals surface area contributed by atoms with Crippen LogP contribution in [-0.2, 0) is 6.54 Å². The molecule has 0 aliphatic carbocycles. The van der Waals surface area contributed by atoms with Crippen LogP contribution < -0.4 is 16.2 Å². The summed E-state index contributed by atoms with van der Waals surface area (Å²) >= 11 is 0. The van der Waals surface area contributed by atoms with Crippen molar-refractivity contribution in [3.05, 3.63) is 34.7 Å². The fraction of sp³-hybridized carbons (Fsp3) is 0.700. The summed E-state index contributed by atoms with van der Waals surface area (Å²) < 4.78 is 1.76. The predicted molar refractivity (Wildman–Crippen MR) is 124 cm³/mol. The van der Waals surface area contributed by atoms with Crippen LogP contribution in [0.4, 0.5) is 0 Å². The standard InChI is InChI=1S/C20H35N5O.HI/c1-3-13-24-16-10-18(11-17-24)23-20(21-4-2)22-12-6-8-15-25-14-7-5-9-19(25)26;/h5,7,9,14,18H,3-4,6,8,10-13,15-17H2,1-2H3,(H2,21,22,23);1H. The molecule has 27 heavy (non-hydrogen) atoms. The van der Waals surface area contributed by atoms with Crippen LogP contribution >= 0.6 is 24.0 Å². The second-order valence-corrected chi connectivity index (χ2v) is 6.96. The molecule has 1 saturated heterocycles. The molecular formula is C20H36IN5O. The van der Waals surface area contributed by atoms with Gasteiger partial charge in [0.2, 0.25) is 5.56 Å². The zero-order valence-corrected chi connectivity index (χ0v) is 19.2. The van der Waals surface area contributed by atoms with Gasteiger partial charge < -0.3 is 20.1 Å². The summed E-state index contributed by atoms with van der Waals surface area (Å²) in [4.78, 5) is 18.9. The molecule has 1 aliphatic heterocycles. The number of likely N-dealkylation sites (tertiary alicyclic amines) is 1. The molecule has 2 N–H and O–H groups in total. The molecule has 7 heteroatoms. The Morgan fingerprint density at radius 1 is 1.19 bits per heavy atom. The van der Waals surface area contributed by atoms with Gasteiger partial charge in [-0.15, -0.1) is 24.0 Å². The average molecular weight is 489 g/mol. The molecule has 1 aromatic rings. The van der Waals surface area contributed by atoms with Crippen molar-refractivity contribution in [1.82, 2.24) is 20.1 Å². The van der Waals surface area contributed by atoms with Gasteiger partial charge >= 0.3 is 0 Å². The summed E-state index contributed by atoms with van der Waals surface area (Å²) in [6.45, 7) is 10.3. The van der Waals surface area contributed by atoms with E-state index in [1.54, 1.807) is 16.7 Å². The van der Waals surface area contributed by atoms with E-state index in [0.29, 0.717) is 6.04 Å². The number of nitrogens with one attached hydrogen (secondary N) is 2. The van der Waals surface area contributed by atoms with Crippen molar-refractivity contribution < 1.29 is 0 Å². The van der Waals surface area contributed by atoms with Gasteiger partial charge in [-0.1, -0.05) is 13.0 Å². The van der Waals surface area contributed by atoms with Crippen molar-refractivity contribution in [2.75, 3.05) is 32.7 Å². The van der Waals surface area contributed by atoms with E-state index in [1.165, 1.54) is 38.9 Å². The van der Waals surface area contributed by atoms with Crippen molar-refractivity contribution in [2.24, 2.45) is 4.99 Å². The lowest BCUT2D eigenvalue weighted by Gasteiger charge is -2.32. The van der Waals surface area contributed by atoms with E-state index < -0.39 is 0 Å². The Bertz CT molecular complexity index is 596. The Morgan fingerprint density at radius 2 is 1.96 bits per heavy atom. The minimum absolute atomic E-state index is 0. The van der Waals surface area contributed by atoms with Crippen LogP contribution in [0.25, 0.3) is 0 Å². The number of nitrogens with zero attached hydrogens (tertiary/aromatic N) is 3. The van der Waals surface area contributed by atoms with Gasteiger partial charge in [-0.3, -0.25) is 9.79 Å². The number of unbranched alkanes of at least 4 members (excludes halogenated alkanes) is 1. The Balaban J connectivity index is 0.00000364. The Morgan fingerprint density at radius 3 is 2.63 bits per heavy atom. The smallest absolute Gasteiger partial charge is 0.250 e. The van der Waals surface area contributed by atoms with Crippen LogP contribution in [-0.4, -0.2) is 54.2 Å². The van der Waals surface area contributed by atoms with Gasteiger partial charge in [-0.05, 0) is 51.6 Å². The van der Waals surface area contributed by atoms with Crippen LogP contribution in [0.15, 0.2) is 34.2 Å². The number of aromatic nitrogens is 1. The predicted octanol–water partition coefficient (Wildman–Crippen LogP) is 2.68. The normalized spacial score (nSPS) is 16.0. The second-order valence-electron chi connectivity index (χ2n) is 6.96. The molecule has 0 bridgehead atoms. The van der Waals surface area contributed by atoms with E-state index >= 15 is 0 Å². The van der Waals surface area contributed by atoms with E-state index in [9.17, 15) is 4.79 Å². The lowest BCUT2D eigenvalue weighted by Crippen LogP contribution is -2.48. The van der Waals surface area contributed by atoms with Crippen molar-refractivity contribution >= 4 is 29.9 Å². The number of pyridine rings is 1. The molecule has 0 unspecified atom stereocenters. The van der Waals surface area contributed by atoms with E-state index in [-0.39, 0.29) is 29.5 Å². The summed E-state index contributed by atoms with van der Waals surface area (Å²) in [6.07, 6.45) is 7.39. The number of aliphatic imine (C=N–C) groups is 1. The quantitative estimate of drug-likeness (QED) is 0.243. The third-order valence-electron chi connectivity index (χ3n) is 4.79. The largest absolute Gasteiger partial charge is 0.357 e. The zero-order valence-electron chi connectivity index (χ0n) is 16.8. The highest BCUT2D eigenvalue weighted by Crippen LogP contribution is 2.10. The van der Waals surface area contributed by atoms with Crippen molar-refractivity contribution in [3.63, 3.8) is 0 Å². The van der Waals surface area contributed by atoms with Gasteiger partial charge in [0, 0.05) is 51.0 Å². The first-order valence-electron chi connectivity index (χ1n) is 10.2. The fourth-order valence-electron chi connectivity index (χ4n) is 3.36. The molecule has 0 radical (unpaired) electrons. The van der Waals surface area contributed by atoms with Gasteiger partial charge in [0.25, 0.3) is 0 Å². The molecular weight excluding hydrogens is 453 g/mol. The summed E-state index contributed by atoms with van der Waals surface area (Å²) in [7, 11) is 0. The van der Waals surface area contributed by atoms with Gasteiger partial charge in [-0.25, -0.2) is 0 Å².